The van der Waals surface area contributed by atoms with E-state index in [-0.39, 0.29) is 45.5 Å². The molecule has 48 valence electrons. The van der Waals surface area contributed by atoms with Gasteiger partial charge in [-0.1, -0.05) is 0 Å². The molecule has 0 aromatic rings. The molecule has 0 spiro atoms. The first-order chi connectivity index (χ1) is 3.46. The van der Waals surface area contributed by atoms with Gasteiger partial charge in [0, 0.05) is 0 Å². The Morgan fingerprint density at radius 2 is 0.778 bits per heavy atom. The van der Waals surface area contributed by atoms with Gasteiger partial charge in [0.25, 0.3) is 0 Å². The zero-order chi connectivity index (χ0) is 7.15. The van der Waals surface area contributed by atoms with Crippen LogP contribution in [0.2, 0.25) is 0 Å². The molecule has 0 aliphatic carbocycles. The Balaban J connectivity index is -0.0000000720. The summed E-state index contributed by atoms with van der Waals surface area (Å²) < 4.78 is 0. The minimum atomic E-state index is -1.75. The fourth-order valence-electron chi connectivity index (χ4n) is 0. The molecule has 0 bridgehead atoms. The van der Waals surface area contributed by atoms with Gasteiger partial charge in [0.1, 0.15) is 0 Å². The molecule has 0 aromatic carbocycles. The average Bonchev–Trinajstić information content (AvgIpc) is 1.25. The summed E-state index contributed by atoms with van der Waals surface area (Å²) in [6.45, 7) is 0. The van der Waals surface area contributed by atoms with Crippen molar-refractivity contribution in [2.24, 2.45) is 0 Å². The van der Waals surface area contributed by atoms with E-state index in [0.29, 0.717) is 0 Å². The average molecular weight is 212 g/mol. The van der Waals surface area contributed by atoms with Crippen LogP contribution in [-0.4, -0.2) is 55.7 Å². The minimum Gasteiger partial charge on any atom is -0.356 e. The molecule has 0 saturated carbocycles. The van der Waals surface area contributed by atoms with Gasteiger partial charge < -0.3 is 30.6 Å². The zero-order valence-electron chi connectivity index (χ0n) is 4.05. The van der Waals surface area contributed by atoms with Gasteiger partial charge in [-0.2, -0.15) is 0 Å². The molecule has 9 heteroatoms. The third kappa shape index (κ3) is 19100. The molecule has 0 unspecified atom stereocenters. The summed E-state index contributed by atoms with van der Waals surface area (Å²) in [7, 11) is 0. The Bertz CT molecular complexity index is 69.1. The van der Waals surface area contributed by atoms with Crippen LogP contribution in [0.25, 0.3) is 0 Å². The van der Waals surface area contributed by atoms with Crippen LogP contribution in [0.4, 0.5) is 0 Å². The Hall–Kier alpha value is -0.119. The first-order valence-corrected chi connectivity index (χ1v) is 1.10. The minimum absolute atomic E-state index is 0. The molecule has 0 heterocycles. The van der Waals surface area contributed by atoms with E-state index in [1.807, 2.05) is 0 Å². The maximum Gasteiger partial charge on any atom is 2.00 e. The van der Waals surface area contributed by atoms with Crippen LogP contribution in [0.3, 0.4) is 0 Å². The van der Waals surface area contributed by atoms with Crippen LogP contribution in [0.5, 0.6) is 0 Å². The normalized spacial score (nSPS) is 5.33. The van der Waals surface area contributed by atoms with Gasteiger partial charge in [0.05, 0.1) is 10.2 Å². The maximum atomic E-state index is 8.25. The van der Waals surface area contributed by atoms with Crippen molar-refractivity contribution in [3.63, 3.8) is 0 Å². The van der Waals surface area contributed by atoms with E-state index in [0.717, 1.165) is 0 Å². The molecule has 0 atom stereocenters. The summed E-state index contributed by atoms with van der Waals surface area (Å²) >= 11 is 0. The molecule has 0 amide bonds. The molecule has 0 aliphatic heterocycles. The van der Waals surface area contributed by atoms with Crippen molar-refractivity contribution in [1.29, 1.82) is 0 Å². The monoisotopic (exact) mass is 212 g/mol. The van der Waals surface area contributed by atoms with Crippen LogP contribution >= 0.6 is 0 Å². The Labute approximate surface area is 85.6 Å². The molecule has 0 N–H and O–H groups in total. The van der Waals surface area contributed by atoms with Crippen molar-refractivity contribution in [3.8, 4) is 0 Å². The van der Waals surface area contributed by atoms with Crippen LogP contribution in [0, 0.1) is 30.6 Å². The van der Waals surface area contributed by atoms with Gasteiger partial charge >= 0.3 is 45.5 Å². The Morgan fingerprint density at radius 1 is 0.778 bits per heavy atom. The Kier molecular flexibility index (Phi) is 19.1. The second kappa shape index (κ2) is 10.8. The summed E-state index contributed by atoms with van der Waals surface area (Å²) in [5.74, 6) is 0. The van der Waals surface area contributed by atoms with Gasteiger partial charge in [-0.15, -0.1) is 0 Å². The predicted octanol–water partition coefficient (Wildman–Crippen LogP) is -0.859. The fraction of sp³-hybridized carbons (Fsp3) is 0. The van der Waals surface area contributed by atoms with Crippen molar-refractivity contribution >= 4 is 45.5 Å². The van der Waals surface area contributed by atoms with E-state index in [1.165, 1.54) is 0 Å². The molecule has 0 rings (SSSR count). The van der Waals surface area contributed by atoms with E-state index in [4.69, 9.17) is 30.6 Å². The number of hydrogen-bond donors (Lipinski definition) is 0. The van der Waals surface area contributed by atoms with Gasteiger partial charge in [0.15, 0.2) is 0 Å². The predicted molar refractivity (Wildman–Crippen MR) is 26.5 cm³/mol. The number of hydrogen-bond acceptors (Lipinski definition) is 6. The van der Waals surface area contributed by atoms with Crippen molar-refractivity contribution < 1.29 is 10.2 Å². The zero-order valence-corrected chi connectivity index (χ0v) is 7.53. The van der Waals surface area contributed by atoms with Crippen LogP contribution in [0.1, 0.15) is 0 Å². The Morgan fingerprint density at radius 3 is 0.778 bits per heavy atom. The summed E-state index contributed by atoms with van der Waals surface area (Å²) in [5.41, 5.74) is 0. The van der Waals surface area contributed by atoms with Gasteiger partial charge in [-0.05, 0) is 0 Å². The van der Waals surface area contributed by atoms with Gasteiger partial charge in [-0.25, -0.2) is 0 Å². The summed E-state index contributed by atoms with van der Waals surface area (Å²) in [6, 6.07) is 0. The third-order valence-corrected chi connectivity index (χ3v) is 0. The van der Waals surface area contributed by atoms with Gasteiger partial charge in [0.2, 0.25) is 0 Å². The molecule has 0 aliphatic rings. The van der Waals surface area contributed by atoms with Crippen LogP contribution < -0.4 is 0 Å². The summed E-state index contributed by atoms with van der Waals surface area (Å²) in [5, 5.41) is 29.5. The first-order valence-electron chi connectivity index (χ1n) is 1.10. The third-order valence-electron chi connectivity index (χ3n) is 0. The maximum absolute atomic E-state index is 8.25. The second-order valence-electron chi connectivity index (χ2n) is 0.447. The summed E-state index contributed by atoms with van der Waals surface area (Å²) in [6.07, 6.45) is 0. The topological polar surface area (TPSA) is 132 Å². The largest absolute Gasteiger partial charge is 2.00 e. The molecule has 0 saturated heterocycles. The molecule has 0 fully saturated rings. The first kappa shape index (κ1) is 15.9. The van der Waals surface area contributed by atoms with Crippen molar-refractivity contribution in [2.75, 3.05) is 0 Å². The standard InChI is InChI=1S/2NO3.Sr/c2*2-1(3)4;/q2*-1;+2. The van der Waals surface area contributed by atoms with E-state index in [1.54, 1.807) is 0 Å². The molecule has 0 radical (unpaired) electrons. The smallest absolute Gasteiger partial charge is 0.356 e. The number of nitrogens with zero attached hydrogens (tertiary/aromatic N) is 2. The van der Waals surface area contributed by atoms with Crippen molar-refractivity contribution in [1.82, 2.24) is 0 Å². The van der Waals surface area contributed by atoms with Crippen LogP contribution in [-0.2, 0) is 0 Å². The summed E-state index contributed by atoms with van der Waals surface area (Å²) in [4.78, 5) is 16.5. The molecule has 9 heavy (non-hydrogen) atoms. The second-order valence-corrected chi connectivity index (χ2v) is 0.447. The van der Waals surface area contributed by atoms with E-state index in [2.05, 4.69) is 0 Å². The molecular weight excluding hydrogens is 212 g/mol. The van der Waals surface area contributed by atoms with Crippen molar-refractivity contribution in [3.05, 3.63) is 30.6 Å². The SMILES string of the molecule is O=[N+]([O-])[O-].O=[N+]([O-])[O-].[Sr+2]. The molecule has 0 aromatic heterocycles. The fourth-order valence-corrected chi connectivity index (χ4v) is 0. The van der Waals surface area contributed by atoms with E-state index < -0.39 is 10.2 Å². The molecule has 8 nitrogen and oxygen atoms in total. The van der Waals surface area contributed by atoms with Crippen molar-refractivity contribution in [2.45, 2.75) is 0 Å². The van der Waals surface area contributed by atoms with Crippen LogP contribution in [0.15, 0.2) is 0 Å². The van der Waals surface area contributed by atoms with E-state index >= 15 is 0 Å². The van der Waals surface area contributed by atoms with E-state index in [9.17, 15) is 0 Å². The quantitative estimate of drug-likeness (QED) is 0.291. The number of rotatable bonds is 0. The van der Waals surface area contributed by atoms with Gasteiger partial charge in [-0.3, -0.25) is 0 Å². The molecular formula is N2O6Sr.